The smallest absolute Gasteiger partial charge is 0.203 e. The van der Waals surface area contributed by atoms with Gasteiger partial charge in [-0.1, -0.05) is 30.3 Å². The first kappa shape index (κ1) is 15.8. The summed E-state index contributed by atoms with van der Waals surface area (Å²) in [4.78, 5) is 4.46. The van der Waals surface area contributed by atoms with Gasteiger partial charge in [-0.2, -0.15) is 5.10 Å². The van der Waals surface area contributed by atoms with Gasteiger partial charge in [0.2, 0.25) is 10.9 Å². The maximum Gasteiger partial charge on any atom is 0.203 e. The quantitative estimate of drug-likeness (QED) is 0.374. The van der Waals surface area contributed by atoms with Crippen LogP contribution in [-0.2, 0) is 0 Å². The summed E-state index contributed by atoms with van der Waals surface area (Å²) >= 11 is 1.44. The zero-order valence-corrected chi connectivity index (χ0v) is 13.6. The van der Waals surface area contributed by atoms with Crippen molar-refractivity contribution in [2.75, 3.05) is 12.5 Å². The molecule has 24 heavy (non-hydrogen) atoms. The van der Waals surface area contributed by atoms with Gasteiger partial charge in [-0.05, 0) is 12.1 Å². The van der Waals surface area contributed by atoms with Gasteiger partial charge < -0.3 is 14.9 Å². The molecule has 0 unspecified atom stereocenters. The van der Waals surface area contributed by atoms with Gasteiger partial charge in [0, 0.05) is 16.5 Å². The fourth-order valence-electron chi connectivity index (χ4n) is 2.07. The molecule has 0 bridgehead atoms. The largest absolute Gasteiger partial charge is 0.504 e. The topological polar surface area (TPSA) is 87.0 Å². The monoisotopic (exact) mass is 341 g/mol. The van der Waals surface area contributed by atoms with Crippen LogP contribution in [0, 0.1) is 0 Å². The van der Waals surface area contributed by atoms with Crippen LogP contribution in [0.15, 0.2) is 52.9 Å². The van der Waals surface area contributed by atoms with E-state index in [1.807, 2.05) is 35.7 Å². The second-order valence-corrected chi connectivity index (χ2v) is 5.72. The molecule has 2 aromatic carbocycles. The van der Waals surface area contributed by atoms with E-state index in [0.717, 1.165) is 11.3 Å². The third-order valence-electron chi connectivity index (χ3n) is 3.24. The van der Waals surface area contributed by atoms with Crippen molar-refractivity contribution in [1.82, 2.24) is 4.98 Å². The Balaban J connectivity index is 1.71. The Bertz CT molecular complexity index is 863. The van der Waals surface area contributed by atoms with Crippen LogP contribution >= 0.6 is 11.3 Å². The van der Waals surface area contributed by atoms with E-state index in [1.165, 1.54) is 30.7 Å². The predicted molar refractivity (Wildman–Crippen MR) is 95.1 cm³/mol. The van der Waals surface area contributed by atoms with Crippen LogP contribution in [0.5, 0.6) is 17.2 Å². The first-order chi connectivity index (χ1) is 11.7. The molecule has 1 heterocycles. The summed E-state index contributed by atoms with van der Waals surface area (Å²) in [5.74, 6) is -0.386. The highest BCUT2D eigenvalue weighted by Gasteiger charge is 2.08. The van der Waals surface area contributed by atoms with Crippen LogP contribution in [0.25, 0.3) is 11.3 Å². The molecule has 0 aliphatic carbocycles. The van der Waals surface area contributed by atoms with Gasteiger partial charge in [-0.3, -0.25) is 5.43 Å². The third kappa shape index (κ3) is 3.47. The van der Waals surface area contributed by atoms with E-state index in [4.69, 9.17) is 4.74 Å². The number of aromatic nitrogens is 1. The molecule has 7 heteroatoms. The van der Waals surface area contributed by atoms with Crippen molar-refractivity contribution in [3.8, 4) is 28.5 Å². The van der Waals surface area contributed by atoms with Crippen molar-refractivity contribution >= 4 is 22.7 Å². The molecule has 0 saturated carbocycles. The highest BCUT2D eigenvalue weighted by atomic mass is 32.1. The molecule has 0 saturated heterocycles. The number of aromatic hydroxyl groups is 2. The van der Waals surface area contributed by atoms with Crippen molar-refractivity contribution in [1.29, 1.82) is 0 Å². The molecule has 3 N–H and O–H groups in total. The van der Waals surface area contributed by atoms with Crippen molar-refractivity contribution < 1.29 is 14.9 Å². The molecule has 0 spiro atoms. The van der Waals surface area contributed by atoms with Crippen LogP contribution in [0.4, 0.5) is 5.13 Å². The van der Waals surface area contributed by atoms with Gasteiger partial charge in [-0.25, -0.2) is 4.98 Å². The molecule has 1 aromatic heterocycles. The minimum absolute atomic E-state index is 0.178. The van der Waals surface area contributed by atoms with Crippen LogP contribution < -0.4 is 10.2 Å². The number of phenolic OH excluding ortho intramolecular Hbond substituents is 2. The number of nitrogens with one attached hydrogen (secondary N) is 1. The van der Waals surface area contributed by atoms with Crippen LogP contribution in [0.2, 0.25) is 0 Å². The normalized spacial score (nSPS) is 10.9. The SMILES string of the molecule is COc1cc(/C=N/Nc2nc(-c3ccccc3)cs2)cc(O)c1O. The second kappa shape index (κ2) is 7.01. The lowest BCUT2D eigenvalue weighted by molar-refractivity contribution is 0.351. The second-order valence-electron chi connectivity index (χ2n) is 4.86. The van der Waals surface area contributed by atoms with E-state index in [2.05, 4.69) is 15.5 Å². The van der Waals surface area contributed by atoms with Gasteiger partial charge >= 0.3 is 0 Å². The zero-order valence-electron chi connectivity index (χ0n) is 12.8. The Labute approximate surface area is 142 Å². The van der Waals surface area contributed by atoms with E-state index in [-0.39, 0.29) is 17.2 Å². The molecule has 0 radical (unpaired) electrons. The average molecular weight is 341 g/mol. The van der Waals surface area contributed by atoms with Crippen LogP contribution in [0.1, 0.15) is 5.56 Å². The molecule has 0 amide bonds. The molecule has 6 nitrogen and oxygen atoms in total. The molecule has 3 aromatic rings. The number of thiazole rings is 1. The maximum absolute atomic E-state index is 9.64. The Morgan fingerprint density at radius 2 is 2.00 bits per heavy atom. The van der Waals surface area contributed by atoms with E-state index >= 15 is 0 Å². The number of rotatable bonds is 5. The first-order valence-electron chi connectivity index (χ1n) is 7.07. The zero-order chi connectivity index (χ0) is 16.9. The van der Waals surface area contributed by atoms with Gasteiger partial charge in [0.05, 0.1) is 19.0 Å². The van der Waals surface area contributed by atoms with Crippen LogP contribution in [0.3, 0.4) is 0 Å². The first-order valence-corrected chi connectivity index (χ1v) is 7.95. The summed E-state index contributed by atoms with van der Waals surface area (Å²) in [6, 6.07) is 12.8. The minimum atomic E-state index is -0.296. The Morgan fingerprint density at radius 1 is 1.21 bits per heavy atom. The highest BCUT2D eigenvalue weighted by molar-refractivity contribution is 7.14. The molecule has 0 aliphatic heterocycles. The fourth-order valence-corrected chi connectivity index (χ4v) is 2.74. The number of phenols is 2. The molecule has 0 fully saturated rings. The van der Waals surface area contributed by atoms with Crippen molar-refractivity contribution in [3.63, 3.8) is 0 Å². The number of benzene rings is 2. The van der Waals surface area contributed by atoms with Crippen LogP contribution in [-0.4, -0.2) is 28.5 Å². The summed E-state index contributed by atoms with van der Waals surface area (Å²) in [7, 11) is 1.41. The molecule has 0 atom stereocenters. The standard InChI is InChI=1S/C17H15N3O3S/c1-23-15-8-11(7-14(21)16(15)22)9-18-20-17-19-13(10-24-17)12-5-3-2-4-6-12/h2-10,21-22H,1H3,(H,19,20)/b18-9+. The van der Waals surface area contributed by atoms with Gasteiger partial charge in [0.1, 0.15) is 0 Å². The van der Waals surface area contributed by atoms with Gasteiger partial charge in [0.25, 0.3) is 0 Å². The number of anilines is 1. The lowest BCUT2D eigenvalue weighted by Crippen LogP contribution is -1.92. The molecule has 0 aliphatic rings. The average Bonchev–Trinajstić information content (AvgIpc) is 3.07. The summed E-state index contributed by atoms with van der Waals surface area (Å²) < 4.78 is 4.98. The highest BCUT2D eigenvalue weighted by Crippen LogP contribution is 2.35. The number of hydrogen-bond donors (Lipinski definition) is 3. The summed E-state index contributed by atoms with van der Waals surface area (Å²) in [6.45, 7) is 0. The maximum atomic E-state index is 9.64. The number of ether oxygens (including phenoxy) is 1. The molecular weight excluding hydrogens is 326 g/mol. The number of nitrogens with zero attached hydrogens (tertiary/aromatic N) is 2. The fraction of sp³-hybridized carbons (Fsp3) is 0.0588. The minimum Gasteiger partial charge on any atom is -0.504 e. The number of hydrazone groups is 1. The third-order valence-corrected chi connectivity index (χ3v) is 3.99. The summed E-state index contributed by atoms with van der Waals surface area (Å²) in [5.41, 5.74) is 5.34. The van der Waals surface area contributed by atoms with E-state index in [1.54, 1.807) is 6.07 Å². The van der Waals surface area contributed by atoms with E-state index in [9.17, 15) is 10.2 Å². The Kier molecular flexibility index (Phi) is 4.62. The van der Waals surface area contributed by atoms with Gasteiger partial charge in [0.15, 0.2) is 11.5 Å². The predicted octanol–water partition coefficient (Wildman–Crippen LogP) is 3.68. The van der Waals surface area contributed by atoms with Gasteiger partial charge in [-0.15, -0.1) is 11.3 Å². The van der Waals surface area contributed by atoms with Crippen molar-refractivity contribution in [2.24, 2.45) is 5.10 Å². The molecule has 122 valence electrons. The number of hydrogen-bond acceptors (Lipinski definition) is 7. The Hall–Kier alpha value is -3.06. The van der Waals surface area contributed by atoms with Crippen molar-refractivity contribution in [3.05, 3.63) is 53.4 Å². The summed E-state index contributed by atoms with van der Waals surface area (Å²) in [5, 5.41) is 25.9. The van der Waals surface area contributed by atoms with Crippen molar-refractivity contribution in [2.45, 2.75) is 0 Å². The Morgan fingerprint density at radius 3 is 2.75 bits per heavy atom. The number of methoxy groups -OCH3 is 1. The molecular formula is C17H15N3O3S. The lowest BCUT2D eigenvalue weighted by Gasteiger charge is -2.05. The van der Waals surface area contributed by atoms with E-state index < -0.39 is 0 Å². The molecule has 3 rings (SSSR count). The van der Waals surface area contributed by atoms with E-state index in [0.29, 0.717) is 10.7 Å². The lowest BCUT2D eigenvalue weighted by atomic mass is 10.2. The summed E-state index contributed by atoms with van der Waals surface area (Å²) in [6.07, 6.45) is 1.51.